The molecular weight excluding hydrogens is 443 g/mol. The molecule has 0 amide bonds. The zero-order valence-electron chi connectivity index (χ0n) is 19.5. The molecule has 34 heavy (non-hydrogen) atoms. The molecule has 0 aromatic heterocycles. The average molecular weight is 475 g/mol. The third-order valence-electron chi connectivity index (χ3n) is 7.38. The van der Waals surface area contributed by atoms with Crippen LogP contribution in [0.5, 0.6) is 0 Å². The second kappa shape index (κ2) is 10.5. The highest BCUT2D eigenvalue weighted by Crippen LogP contribution is 2.36. The van der Waals surface area contributed by atoms with Gasteiger partial charge in [-0.25, -0.2) is 8.78 Å². The lowest BCUT2D eigenvalue weighted by Gasteiger charge is -2.28. The third kappa shape index (κ3) is 5.61. The fourth-order valence-corrected chi connectivity index (χ4v) is 5.30. The van der Waals surface area contributed by atoms with Crippen LogP contribution in [-0.2, 0) is 12.6 Å². The van der Waals surface area contributed by atoms with Gasteiger partial charge < -0.3 is 0 Å². The molecule has 1 aliphatic carbocycles. The van der Waals surface area contributed by atoms with E-state index in [4.69, 9.17) is 0 Å². The van der Waals surface area contributed by atoms with E-state index in [9.17, 15) is 17.6 Å². The summed E-state index contributed by atoms with van der Waals surface area (Å²) in [5.41, 5.74) is -0.0129. The van der Waals surface area contributed by atoms with Gasteiger partial charge in [-0.05, 0) is 53.3 Å². The first-order valence-electron chi connectivity index (χ1n) is 12.3. The van der Waals surface area contributed by atoms with Gasteiger partial charge in [0.15, 0.2) is 0 Å². The molecule has 1 aliphatic rings. The minimum Gasteiger partial charge on any atom is -0.206 e. The number of aryl methyl sites for hydroxylation is 1. The zero-order chi connectivity index (χ0) is 24.3. The van der Waals surface area contributed by atoms with E-state index in [1.54, 1.807) is 12.1 Å². The Balaban J connectivity index is 1.45. The lowest BCUT2D eigenvalue weighted by molar-refractivity contribution is -0.139. The van der Waals surface area contributed by atoms with Crippen LogP contribution < -0.4 is 0 Å². The van der Waals surface area contributed by atoms with Gasteiger partial charge >= 0.3 is 6.18 Å². The minimum atomic E-state index is -4.78. The molecule has 0 bridgehead atoms. The number of fused-ring (bicyclic) bond motifs is 1. The quantitative estimate of drug-likeness (QED) is 0.299. The van der Waals surface area contributed by atoms with E-state index >= 15 is 4.39 Å². The molecule has 0 saturated heterocycles. The summed E-state index contributed by atoms with van der Waals surface area (Å²) >= 11 is 0. The molecule has 0 N–H and O–H groups in total. The fraction of sp³-hybridized carbons (Fsp3) is 0.448. The Labute approximate surface area is 198 Å². The smallest absolute Gasteiger partial charge is 0.206 e. The van der Waals surface area contributed by atoms with Gasteiger partial charge in [0, 0.05) is 10.9 Å². The first-order valence-corrected chi connectivity index (χ1v) is 12.3. The van der Waals surface area contributed by atoms with Crippen LogP contribution in [0.3, 0.4) is 0 Å². The second-order valence-electron chi connectivity index (χ2n) is 9.74. The molecule has 3 aromatic rings. The maximum Gasteiger partial charge on any atom is 0.419 e. The molecule has 1 fully saturated rings. The van der Waals surface area contributed by atoms with E-state index in [0.717, 1.165) is 47.8 Å². The van der Waals surface area contributed by atoms with Gasteiger partial charge in [0.1, 0.15) is 11.6 Å². The maximum atomic E-state index is 15.2. The molecule has 182 valence electrons. The van der Waals surface area contributed by atoms with Gasteiger partial charge in [-0.1, -0.05) is 88.3 Å². The summed E-state index contributed by atoms with van der Waals surface area (Å²) in [5.74, 6) is -0.303. The monoisotopic (exact) mass is 474 g/mol. The number of halogens is 5. The Kier molecular flexibility index (Phi) is 7.59. The Morgan fingerprint density at radius 3 is 2.18 bits per heavy atom. The van der Waals surface area contributed by atoms with Crippen LogP contribution >= 0.6 is 0 Å². The summed E-state index contributed by atoms with van der Waals surface area (Å²) in [6, 6.07) is 11.4. The predicted molar refractivity (Wildman–Crippen MR) is 128 cm³/mol. The molecule has 0 spiro atoms. The van der Waals surface area contributed by atoms with Crippen molar-refractivity contribution in [2.45, 2.75) is 70.9 Å². The Hall–Kier alpha value is -2.43. The van der Waals surface area contributed by atoms with Gasteiger partial charge in [-0.15, -0.1) is 0 Å². The SMILES string of the molecule is CCCC[C@H]1CC[C@H](CCc2ccc3c(F)c(-c4ccc(C(F)(F)F)c(F)c4)ccc3c2)CC1. The van der Waals surface area contributed by atoms with Crippen molar-refractivity contribution < 1.29 is 22.0 Å². The summed E-state index contributed by atoms with van der Waals surface area (Å²) in [6.45, 7) is 2.25. The lowest BCUT2D eigenvalue weighted by atomic mass is 9.78. The summed E-state index contributed by atoms with van der Waals surface area (Å²) < 4.78 is 67.7. The van der Waals surface area contributed by atoms with E-state index in [2.05, 4.69) is 6.92 Å². The summed E-state index contributed by atoms with van der Waals surface area (Å²) in [5, 5.41) is 1.13. The highest BCUT2D eigenvalue weighted by atomic mass is 19.4. The molecule has 0 heterocycles. The summed E-state index contributed by atoms with van der Waals surface area (Å²) in [7, 11) is 0. The second-order valence-corrected chi connectivity index (χ2v) is 9.74. The van der Waals surface area contributed by atoms with Crippen molar-refractivity contribution in [3.8, 4) is 11.1 Å². The van der Waals surface area contributed by atoms with Crippen LogP contribution in [0.4, 0.5) is 22.0 Å². The van der Waals surface area contributed by atoms with Crippen molar-refractivity contribution in [2.24, 2.45) is 11.8 Å². The molecule has 0 radical (unpaired) electrons. The van der Waals surface area contributed by atoms with Gasteiger partial charge in [-0.3, -0.25) is 0 Å². The van der Waals surface area contributed by atoms with Gasteiger partial charge in [0.25, 0.3) is 0 Å². The molecule has 5 heteroatoms. The lowest BCUT2D eigenvalue weighted by Crippen LogP contribution is -2.15. The largest absolute Gasteiger partial charge is 0.419 e. The van der Waals surface area contributed by atoms with E-state index in [1.807, 2.05) is 12.1 Å². The first-order chi connectivity index (χ1) is 16.3. The number of hydrogen-bond donors (Lipinski definition) is 0. The summed E-state index contributed by atoms with van der Waals surface area (Å²) in [6.07, 6.45) is 6.53. The van der Waals surface area contributed by atoms with Gasteiger partial charge in [0.2, 0.25) is 0 Å². The Morgan fingerprint density at radius 2 is 1.53 bits per heavy atom. The van der Waals surface area contributed by atoms with Gasteiger partial charge in [0.05, 0.1) is 5.56 Å². The summed E-state index contributed by atoms with van der Waals surface area (Å²) in [4.78, 5) is 0. The van der Waals surface area contributed by atoms with E-state index < -0.39 is 23.4 Å². The molecule has 3 aromatic carbocycles. The minimum absolute atomic E-state index is 0.0866. The number of rotatable bonds is 7. The van der Waals surface area contributed by atoms with Crippen molar-refractivity contribution >= 4 is 10.8 Å². The highest BCUT2D eigenvalue weighted by molar-refractivity contribution is 5.88. The van der Waals surface area contributed by atoms with Crippen LogP contribution in [0.15, 0.2) is 48.5 Å². The molecule has 0 unspecified atom stereocenters. The normalized spacial score (nSPS) is 19.0. The standard InChI is InChI=1S/C29H31F5/c1-2-3-4-19-5-7-20(8-6-19)9-10-21-11-14-24-22(17-21)12-15-25(28(24)31)23-13-16-26(27(30)18-23)29(32,33)34/h11-20H,2-10H2,1H3/t19-,20-. The van der Waals surface area contributed by atoms with Crippen molar-refractivity contribution in [3.05, 3.63) is 71.3 Å². The zero-order valence-corrected chi connectivity index (χ0v) is 19.5. The number of benzene rings is 3. The van der Waals surface area contributed by atoms with Crippen molar-refractivity contribution in [3.63, 3.8) is 0 Å². The highest BCUT2D eigenvalue weighted by Gasteiger charge is 2.34. The van der Waals surface area contributed by atoms with E-state index in [0.29, 0.717) is 11.5 Å². The van der Waals surface area contributed by atoms with Crippen molar-refractivity contribution in [1.29, 1.82) is 0 Å². The van der Waals surface area contributed by atoms with Crippen LogP contribution in [0.2, 0.25) is 0 Å². The third-order valence-corrected chi connectivity index (χ3v) is 7.38. The fourth-order valence-electron chi connectivity index (χ4n) is 5.30. The van der Waals surface area contributed by atoms with Crippen molar-refractivity contribution in [1.82, 2.24) is 0 Å². The molecule has 0 nitrogen and oxygen atoms in total. The van der Waals surface area contributed by atoms with Crippen molar-refractivity contribution in [2.75, 3.05) is 0 Å². The number of alkyl halides is 3. The predicted octanol–water partition coefficient (Wildman–Crippen LogP) is 9.73. The molecule has 1 saturated carbocycles. The molecule has 0 aliphatic heterocycles. The molecule has 4 rings (SSSR count). The van der Waals surface area contributed by atoms with Crippen LogP contribution in [0.1, 0.15) is 69.4 Å². The van der Waals surface area contributed by atoms with Crippen LogP contribution in [0, 0.1) is 23.5 Å². The van der Waals surface area contributed by atoms with E-state index in [-0.39, 0.29) is 11.1 Å². The Morgan fingerprint density at radius 1 is 0.824 bits per heavy atom. The van der Waals surface area contributed by atoms with E-state index in [1.165, 1.54) is 51.0 Å². The number of hydrogen-bond acceptors (Lipinski definition) is 0. The van der Waals surface area contributed by atoms with Crippen LogP contribution in [-0.4, -0.2) is 0 Å². The average Bonchev–Trinajstić information content (AvgIpc) is 2.81. The van der Waals surface area contributed by atoms with Gasteiger partial charge in [-0.2, -0.15) is 13.2 Å². The van der Waals surface area contributed by atoms with Crippen LogP contribution in [0.25, 0.3) is 21.9 Å². The first kappa shape index (κ1) is 24.7. The maximum absolute atomic E-state index is 15.2. The topological polar surface area (TPSA) is 0 Å². The molecular formula is C29H31F5. The number of unbranched alkanes of at least 4 members (excludes halogenated alkanes) is 1. The Bertz CT molecular complexity index is 1120. The molecule has 0 atom stereocenters.